The fourth-order valence-corrected chi connectivity index (χ4v) is 6.62. The van der Waals surface area contributed by atoms with Gasteiger partial charge in [-0.3, -0.25) is 4.79 Å². The third-order valence-electron chi connectivity index (χ3n) is 6.93. The molecule has 2 bridgehead atoms. The van der Waals surface area contributed by atoms with Crippen molar-refractivity contribution in [1.29, 1.82) is 0 Å². The number of carbonyl (C=O) groups is 1. The summed E-state index contributed by atoms with van der Waals surface area (Å²) < 4.78 is 0. The molecule has 0 aromatic rings. The molecule has 2 aliphatic carbocycles. The first-order chi connectivity index (χ1) is 13.7. The number of rotatable bonds is 15. The second-order valence-electron chi connectivity index (χ2n) is 8.84. The number of fused-ring (bicyclic) bond motifs is 2. The molecule has 2 aliphatic rings. The standard InChI is InChI=1S/C25H42O2S/c1-3-5-8-11-20(4-2)16-17-28-19-24-22-15-14-21(18-22)23(24)12-9-6-7-10-13-25(26)27/h6,9,11,21-24H,3-5,7-8,10,12-19H2,1-2H3,(H,26,27)/t21-,22+,23-,24+/m0/s1. The molecule has 0 unspecified atom stereocenters. The third-order valence-corrected chi connectivity index (χ3v) is 8.05. The van der Waals surface area contributed by atoms with Gasteiger partial charge in [0.25, 0.3) is 0 Å². The Hall–Kier alpha value is -0.700. The molecule has 160 valence electrons. The summed E-state index contributed by atoms with van der Waals surface area (Å²) in [4.78, 5) is 10.6. The van der Waals surface area contributed by atoms with Gasteiger partial charge in [-0.05, 0) is 93.0 Å². The third kappa shape index (κ3) is 7.97. The molecule has 3 heteroatoms. The number of thioether (sulfide) groups is 1. The summed E-state index contributed by atoms with van der Waals surface area (Å²) in [6.45, 7) is 4.57. The molecular formula is C25H42O2S. The summed E-state index contributed by atoms with van der Waals surface area (Å²) in [5.74, 6) is 5.70. The van der Waals surface area contributed by atoms with Crippen LogP contribution in [0.3, 0.4) is 0 Å². The van der Waals surface area contributed by atoms with E-state index in [1.807, 2.05) is 0 Å². The number of aliphatic carboxylic acids is 1. The first-order valence-electron chi connectivity index (χ1n) is 11.8. The number of carboxylic acids is 1. The van der Waals surface area contributed by atoms with Crippen molar-refractivity contribution in [2.75, 3.05) is 11.5 Å². The van der Waals surface area contributed by atoms with E-state index >= 15 is 0 Å². The molecule has 0 aromatic carbocycles. The van der Waals surface area contributed by atoms with Crippen LogP contribution in [0, 0.1) is 23.7 Å². The zero-order chi connectivity index (χ0) is 20.2. The Labute approximate surface area is 177 Å². The smallest absolute Gasteiger partial charge is 0.303 e. The van der Waals surface area contributed by atoms with Crippen LogP contribution < -0.4 is 0 Å². The van der Waals surface area contributed by atoms with Crippen molar-refractivity contribution >= 4 is 17.7 Å². The van der Waals surface area contributed by atoms with Gasteiger partial charge >= 0.3 is 5.97 Å². The van der Waals surface area contributed by atoms with Crippen molar-refractivity contribution in [2.24, 2.45) is 23.7 Å². The van der Waals surface area contributed by atoms with Crippen LogP contribution in [0.25, 0.3) is 0 Å². The van der Waals surface area contributed by atoms with Gasteiger partial charge in [0.15, 0.2) is 0 Å². The molecular weight excluding hydrogens is 364 g/mol. The van der Waals surface area contributed by atoms with Crippen molar-refractivity contribution in [3.8, 4) is 0 Å². The highest BCUT2D eigenvalue weighted by atomic mass is 32.2. The van der Waals surface area contributed by atoms with Gasteiger partial charge in [0.2, 0.25) is 0 Å². The number of allylic oxidation sites excluding steroid dienone is 4. The highest BCUT2D eigenvalue weighted by molar-refractivity contribution is 7.99. The van der Waals surface area contributed by atoms with Crippen LogP contribution in [0.5, 0.6) is 0 Å². The predicted octanol–water partition coefficient (Wildman–Crippen LogP) is 7.50. The lowest BCUT2D eigenvalue weighted by atomic mass is 9.78. The summed E-state index contributed by atoms with van der Waals surface area (Å²) >= 11 is 2.20. The highest BCUT2D eigenvalue weighted by Crippen LogP contribution is 2.54. The molecule has 2 saturated carbocycles. The topological polar surface area (TPSA) is 37.3 Å². The number of carboxylic acid groups (broad SMARTS) is 1. The molecule has 0 saturated heterocycles. The maximum atomic E-state index is 10.6. The second kappa shape index (κ2) is 13.5. The summed E-state index contributed by atoms with van der Waals surface area (Å²) in [6, 6.07) is 0. The van der Waals surface area contributed by atoms with Crippen molar-refractivity contribution in [2.45, 2.75) is 90.9 Å². The Morgan fingerprint density at radius 2 is 1.82 bits per heavy atom. The molecule has 2 rings (SSSR count). The normalized spacial score (nSPS) is 27.1. The lowest BCUT2D eigenvalue weighted by Gasteiger charge is -2.30. The molecule has 0 amide bonds. The fourth-order valence-electron chi connectivity index (χ4n) is 5.26. The van der Waals surface area contributed by atoms with E-state index in [-0.39, 0.29) is 0 Å². The molecule has 1 N–H and O–H groups in total. The van der Waals surface area contributed by atoms with Gasteiger partial charge in [-0.25, -0.2) is 0 Å². The Bertz CT molecular complexity index is 511. The van der Waals surface area contributed by atoms with Crippen LogP contribution in [-0.2, 0) is 4.79 Å². The molecule has 0 spiro atoms. The Kier molecular flexibility index (Phi) is 11.4. The van der Waals surface area contributed by atoms with E-state index < -0.39 is 5.97 Å². The molecule has 0 heterocycles. The monoisotopic (exact) mass is 406 g/mol. The van der Waals surface area contributed by atoms with Gasteiger partial charge in [0.1, 0.15) is 0 Å². The molecule has 28 heavy (non-hydrogen) atoms. The Morgan fingerprint density at radius 1 is 1.04 bits per heavy atom. The summed E-state index contributed by atoms with van der Waals surface area (Å²) in [5, 5.41) is 8.73. The second-order valence-corrected chi connectivity index (χ2v) is 9.99. The van der Waals surface area contributed by atoms with Crippen molar-refractivity contribution in [3.05, 3.63) is 23.8 Å². The predicted molar refractivity (Wildman–Crippen MR) is 123 cm³/mol. The van der Waals surface area contributed by atoms with Crippen LogP contribution in [0.15, 0.2) is 23.8 Å². The van der Waals surface area contributed by atoms with Crippen LogP contribution in [0.1, 0.15) is 90.9 Å². The Morgan fingerprint density at radius 3 is 2.54 bits per heavy atom. The minimum Gasteiger partial charge on any atom is -0.481 e. The quantitative estimate of drug-likeness (QED) is 0.226. The maximum Gasteiger partial charge on any atom is 0.303 e. The van der Waals surface area contributed by atoms with E-state index in [2.05, 4.69) is 43.8 Å². The zero-order valence-electron chi connectivity index (χ0n) is 18.2. The summed E-state index contributed by atoms with van der Waals surface area (Å²) in [5.41, 5.74) is 1.66. The van der Waals surface area contributed by atoms with Crippen molar-refractivity contribution < 1.29 is 9.90 Å². The van der Waals surface area contributed by atoms with E-state index in [0.717, 1.165) is 36.5 Å². The molecule has 2 nitrogen and oxygen atoms in total. The average Bonchev–Trinajstić information content (AvgIpc) is 3.28. The first kappa shape index (κ1) is 23.6. The van der Waals surface area contributed by atoms with E-state index in [0.29, 0.717) is 6.42 Å². The molecule has 0 aliphatic heterocycles. The van der Waals surface area contributed by atoms with E-state index in [1.54, 1.807) is 5.57 Å². The summed E-state index contributed by atoms with van der Waals surface area (Å²) in [6.07, 6.45) is 21.0. The SMILES string of the molecule is CCCCC=C(CC)CCSC[C@@H]1[C@@H]2CC[C@@H](C2)[C@@H]1CC=CCCCC(=O)O. The van der Waals surface area contributed by atoms with Crippen molar-refractivity contribution in [3.63, 3.8) is 0 Å². The summed E-state index contributed by atoms with van der Waals surface area (Å²) in [7, 11) is 0. The van der Waals surface area contributed by atoms with Gasteiger partial charge < -0.3 is 5.11 Å². The van der Waals surface area contributed by atoms with Crippen LogP contribution in [-0.4, -0.2) is 22.6 Å². The minimum atomic E-state index is -0.676. The van der Waals surface area contributed by atoms with Gasteiger partial charge in [-0.2, -0.15) is 11.8 Å². The van der Waals surface area contributed by atoms with Gasteiger partial charge in [0.05, 0.1) is 0 Å². The first-order valence-corrected chi connectivity index (χ1v) is 12.9. The molecule has 0 radical (unpaired) electrons. The van der Waals surface area contributed by atoms with E-state index in [9.17, 15) is 4.79 Å². The van der Waals surface area contributed by atoms with Gasteiger partial charge in [0, 0.05) is 6.42 Å². The van der Waals surface area contributed by atoms with Crippen LogP contribution in [0.2, 0.25) is 0 Å². The number of unbranched alkanes of at least 4 members (excludes halogenated alkanes) is 3. The van der Waals surface area contributed by atoms with Gasteiger partial charge in [-0.1, -0.05) is 50.5 Å². The largest absolute Gasteiger partial charge is 0.481 e. The molecule has 2 fully saturated rings. The number of hydrogen-bond acceptors (Lipinski definition) is 2. The minimum absolute atomic E-state index is 0.296. The van der Waals surface area contributed by atoms with Crippen LogP contribution >= 0.6 is 11.8 Å². The average molecular weight is 407 g/mol. The van der Waals surface area contributed by atoms with Crippen molar-refractivity contribution in [1.82, 2.24) is 0 Å². The molecule has 4 atom stereocenters. The molecule has 0 aromatic heterocycles. The van der Waals surface area contributed by atoms with E-state index in [1.165, 1.54) is 69.3 Å². The highest BCUT2D eigenvalue weighted by Gasteiger charge is 2.46. The lowest BCUT2D eigenvalue weighted by molar-refractivity contribution is -0.137. The lowest BCUT2D eigenvalue weighted by Crippen LogP contribution is -2.24. The Balaban J connectivity index is 1.69. The maximum absolute atomic E-state index is 10.6. The fraction of sp³-hybridized carbons (Fsp3) is 0.800. The van der Waals surface area contributed by atoms with Gasteiger partial charge in [-0.15, -0.1) is 0 Å². The number of hydrogen-bond donors (Lipinski definition) is 1. The zero-order valence-corrected chi connectivity index (χ0v) is 19.0. The van der Waals surface area contributed by atoms with Crippen LogP contribution in [0.4, 0.5) is 0 Å². The van der Waals surface area contributed by atoms with E-state index in [4.69, 9.17) is 5.11 Å².